The Balaban J connectivity index is 1.65. The molecule has 0 bridgehead atoms. The number of halogens is 5. The van der Waals surface area contributed by atoms with Crippen LogP contribution in [-0.2, 0) is 18.8 Å². The number of nitrogens with zero attached hydrogens (tertiary/aromatic N) is 5. The topological polar surface area (TPSA) is 69.1 Å². The van der Waals surface area contributed by atoms with Crippen molar-refractivity contribution in [3.63, 3.8) is 0 Å². The van der Waals surface area contributed by atoms with Gasteiger partial charge in [0.1, 0.15) is 22.7 Å². The van der Waals surface area contributed by atoms with Gasteiger partial charge in [0.15, 0.2) is 0 Å². The Labute approximate surface area is 194 Å². The number of imidazole rings is 1. The van der Waals surface area contributed by atoms with Crippen LogP contribution in [0.4, 0.5) is 22.0 Å². The first-order chi connectivity index (χ1) is 16.7. The number of rotatable bonds is 3. The predicted molar refractivity (Wildman–Crippen MR) is 116 cm³/mol. The maximum absolute atomic E-state index is 14.5. The van der Waals surface area contributed by atoms with Gasteiger partial charge in [-0.05, 0) is 66.1 Å². The molecule has 6 rings (SSSR count). The number of alkyl halides is 5. The minimum atomic E-state index is -5.81. The van der Waals surface area contributed by atoms with Crippen LogP contribution in [0.2, 0.25) is 0 Å². The molecular weight excluding hydrogens is 469 g/mol. The summed E-state index contributed by atoms with van der Waals surface area (Å²) in [4.78, 5) is 8.12. The SMILES string of the molecule is FC(F)(F)C(F)(F)c1cc(-c2ccc3c(c2)CCCC3)c2ccc3nc(-c4nnco4)cn3c2n1. The van der Waals surface area contributed by atoms with E-state index in [1.807, 2.05) is 12.1 Å². The third-order valence-electron chi connectivity index (χ3n) is 6.32. The molecule has 1 aliphatic rings. The fourth-order valence-electron chi connectivity index (χ4n) is 4.56. The van der Waals surface area contributed by atoms with Crippen LogP contribution < -0.4 is 0 Å². The van der Waals surface area contributed by atoms with Crippen molar-refractivity contribution in [3.05, 3.63) is 65.8 Å². The second kappa shape index (κ2) is 7.56. The molecule has 0 fully saturated rings. The molecule has 1 aromatic carbocycles. The summed E-state index contributed by atoms with van der Waals surface area (Å²) in [5.41, 5.74) is 2.07. The zero-order chi connectivity index (χ0) is 24.4. The number of pyridine rings is 2. The average Bonchev–Trinajstić information content (AvgIpc) is 3.52. The number of fused-ring (bicyclic) bond motifs is 4. The summed E-state index contributed by atoms with van der Waals surface area (Å²) in [5.74, 6) is -5.07. The second-order valence-corrected chi connectivity index (χ2v) is 8.49. The Bertz CT molecular complexity index is 1570. The first kappa shape index (κ1) is 21.6. The number of hydrogen-bond acceptors (Lipinski definition) is 5. The Hall–Kier alpha value is -3.89. The van der Waals surface area contributed by atoms with Gasteiger partial charge in [-0.25, -0.2) is 9.97 Å². The van der Waals surface area contributed by atoms with E-state index in [9.17, 15) is 22.0 Å². The minimum Gasteiger partial charge on any atom is -0.422 e. The van der Waals surface area contributed by atoms with Crippen molar-refractivity contribution in [1.82, 2.24) is 24.6 Å². The highest BCUT2D eigenvalue weighted by molar-refractivity contribution is 5.95. The van der Waals surface area contributed by atoms with E-state index in [4.69, 9.17) is 4.42 Å². The second-order valence-electron chi connectivity index (χ2n) is 8.49. The quantitative estimate of drug-likeness (QED) is 0.288. The average molecular weight is 485 g/mol. The van der Waals surface area contributed by atoms with Gasteiger partial charge < -0.3 is 4.42 Å². The van der Waals surface area contributed by atoms with Crippen LogP contribution in [0, 0.1) is 0 Å². The van der Waals surface area contributed by atoms with Crippen LogP contribution in [0.1, 0.15) is 29.7 Å². The number of aryl methyl sites for hydroxylation is 2. The molecule has 1 aliphatic carbocycles. The lowest BCUT2D eigenvalue weighted by molar-refractivity contribution is -0.290. The first-order valence-electron chi connectivity index (χ1n) is 10.9. The lowest BCUT2D eigenvalue weighted by Gasteiger charge is -2.21. The van der Waals surface area contributed by atoms with Gasteiger partial charge in [0.2, 0.25) is 6.39 Å². The molecule has 11 heteroatoms. The van der Waals surface area contributed by atoms with Crippen molar-refractivity contribution in [1.29, 1.82) is 0 Å². The maximum atomic E-state index is 14.5. The molecule has 5 aromatic rings. The number of benzene rings is 1. The van der Waals surface area contributed by atoms with Crippen LogP contribution in [0.5, 0.6) is 0 Å². The van der Waals surface area contributed by atoms with Crippen molar-refractivity contribution in [2.75, 3.05) is 0 Å². The van der Waals surface area contributed by atoms with Crippen LogP contribution in [0.3, 0.4) is 0 Å². The van der Waals surface area contributed by atoms with Crippen LogP contribution in [0.15, 0.2) is 53.4 Å². The number of hydrogen-bond donors (Lipinski definition) is 0. The van der Waals surface area contributed by atoms with Crippen molar-refractivity contribution in [3.8, 4) is 22.7 Å². The molecule has 0 unspecified atom stereocenters. The van der Waals surface area contributed by atoms with E-state index in [0.717, 1.165) is 43.7 Å². The highest BCUT2D eigenvalue weighted by Gasteiger charge is 2.60. The fourth-order valence-corrected chi connectivity index (χ4v) is 4.56. The molecule has 35 heavy (non-hydrogen) atoms. The molecule has 0 spiro atoms. The number of aromatic nitrogens is 5. The van der Waals surface area contributed by atoms with E-state index in [1.54, 1.807) is 18.2 Å². The van der Waals surface area contributed by atoms with Gasteiger partial charge >= 0.3 is 12.1 Å². The highest BCUT2D eigenvalue weighted by atomic mass is 19.4. The van der Waals surface area contributed by atoms with Crippen LogP contribution >= 0.6 is 0 Å². The minimum absolute atomic E-state index is 0.0773. The van der Waals surface area contributed by atoms with Gasteiger partial charge in [0, 0.05) is 11.6 Å². The van der Waals surface area contributed by atoms with Gasteiger partial charge in [0.25, 0.3) is 5.89 Å². The first-order valence-corrected chi connectivity index (χ1v) is 10.9. The summed E-state index contributed by atoms with van der Waals surface area (Å²) in [7, 11) is 0. The summed E-state index contributed by atoms with van der Waals surface area (Å²) >= 11 is 0. The van der Waals surface area contributed by atoms with E-state index < -0.39 is 17.8 Å². The molecule has 0 atom stereocenters. The van der Waals surface area contributed by atoms with Crippen LogP contribution in [-0.4, -0.2) is 30.7 Å². The van der Waals surface area contributed by atoms with Gasteiger partial charge in [0.05, 0.1) is 0 Å². The third kappa shape index (κ3) is 3.44. The van der Waals surface area contributed by atoms with Gasteiger partial charge in [-0.2, -0.15) is 22.0 Å². The Morgan fingerprint density at radius 3 is 2.43 bits per heavy atom. The largest absolute Gasteiger partial charge is 0.459 e. The molecule has 0 aliphatic heterocycles. The molecule has 4 aromatic heterocycles. The standard InChI is InChI=1S/C24H16F5N5O/c25-23(26,24(27,28)29)19-10-17(15-6-5-13-3-1-2-4-14(13)9-15)16-7-8-20-31-18(22-33-30-12-35-22)11-34(20)21(16)32-19/h5-12H,1-4H2. The van der Waals surface area contributed by atoms with Crippen molar-refractivity contribution in [2.24, 2.45) is 0 Å². The lowest BCUT2D eigenvalue weighted by atomic mass is 9.88. The summed E-state index contributed by atoms with van der Waals surface area (Å²) in [6.45, 7) is 0. The van der Waals surface area contributed by atoms with Crippen molar-refractivity contribution in [2.45, 2.75) is 37.8 Å². The molecule has 0 saturated carbocycles. The van der Waals surface area contributed by atoms with E-state index >= 15 is 0 Å². The van der Waals surface area contributed by atoms with Gasteiger partial charge in [-0.1, -0.05) is 18.2 Å². The summed E-state index contributed by atoms with van der Waals surface area (Å²) in [6, 6.07) is 9.64. The van der Waals surface area contributed by atoms with E-state index in [2.05, 4.69) is 20.2 Å². The Morgan fingerprint density at radius 1 is 0.886 bits per heavy atom. The zero-order valence-electron chi connectivity index (χ0n) is 18.0. The van der Waals surface area contributed by atoms with Crippen LogP contribution in [0.25, 0.3) is 39.4 Å². The normalized spacial score (nSPS) is 14.5. The Kier molecular flexibility index (Phi) is 4.67. The lowest BCUT2D eigenvalue weighted by Crippen LogP contribution is -2.34. The smallest absolute Gasteiger partial charge is 0.422 e. The third-order valence-corrected chi connectivity index (χ3v) is 6.32. The summed E-state index contributed by atoms with van der Waals surface area (Å²) in [5, 5.41) is 7.77. The molecule has 4 heterocycles. The van der Waals surface area contributed by atoms with Crippen molar-refractivity contribution >= 4 is 16.7 Å². The summed E-state index contributed by atoms with van der Waals surface area (Å²) in [6.07, 6.45) is 0.524. The maximum Gasteiger partial charge on any atom is 0.459 e. The van der Waals surface area contributed by atoms with Gasteiger partial charge in [-0.3, -0.25) is 4.40 Å². The molecule has 0 radical (unpaired) electrons. The summed E-state index contributed by atoms with van der Waals surface area (Å²) < 4.78 is 75.6. The predicted octanol–water partition coefficient (Wildman–Crippen LogP) is 6.13. The van der Waals surface area contributed by atoms with E-state index in [0.29, 0.717) is 10.9 Å². The molecule has 178 valence electrons. The highest BCUT2D eigenvalue weighted by Crippen LogP contribution is 2.45. The van der Waals surface area contributed by atoms with Gasteiger partial charge in [-0.15, -0.1) is 10.2 Å². The molecule has 6 nitrogen and oxygen atoms in total. The molecule has 0 N–H and O–H groups in total. The van der Waals surface area contributed by atoms with E-state index in [-0.39, 0.29) is 28.4 Å². The molecule has 0 amide bonds. The monoisotopic (exact) mass is 485 g/mol. The van der Waals surface area contributed by atoms with E-state index in [1.165, 1.54) is 16.2 Å². The Morgan fingerprint density at radius 2 is 1.69 bits per heavy atom. The van der Waals surface area contributed by atoms with Crippen molar-refractivity contribution < 1.29 is 26.4 Å². The molecular formula is C24H16F5N5O. The fraction of sp³-hybridized carbons (Fsp3) is 0.250. The zero-order valence-corrected chi connectivity index (χ0v) is 18.0. The molecule has 0 saturated heterocycles.